The molecule has 37 heavy (non-hydrogen) atoms. The smallest absolute Gasteiger partial charge is 0.341 e. The van der Waals surface area contributed by atoms with Gasteiger partial charge in [-0.25, -0.2) is 30.7 Å². The van der Waals surface area contributed by atoms with Crippen LogP contribution in [0.15, 0.2) is 69.8 Å². The lowest BCUT2D eigenvalue weighted by molar-refractivity contribution is -0.116. The number of nitrogens with zero attached hydrogens (tertiary/aromatic N) is 2. The molecule has 0 aromatic heterocycles. The van der Waals surface area contributed by atoms with Gasteiger partial charge in [0.2, 0.25) is 5.88 Å². The summed E-state index contributed by atoms with van der Waals surface area (Å²) in [6.07, 6.45) is 0.447. The van der Waals surface area contributed by atoms with Gasteiger partial charge in [-0.1, -0.05) is 49.2 Å². The van der Waals surface area contributed by atoms with Crippen LogP contribution in [-0.2, 0) is 29.6 Å². The van der Waals surface area contributed by atoms with E-state index in [1.807, 2.05) is 4.72 Å². The third-order valence-electron chi connectivity index (χ3n) is 6.48. The van der Waals surface area contributed by atoms with Crippen molar-refractivity contribution in [2.45, 2.75) is 62.4 Å². The summed E-state index contributed by atoms with van der Waals surface area (Å²) in [5.74, 6) is -1.17. The molecular weight excluding hydrogens is 518 g/mol. The molecule has 10 nitrogen and oxygen atoms in total. The highest BCUT2D eigenvalue weighted by molar-refractivity contribution is 7.90. The maximum absolute atomic E-state index is 13.7. The van der Waals surface area contributed by atoms with Gasteiger partial charge in [0.05, 0.1) is 21.9 Å². The molecule has 2 aromatic carbocycles. The van der Waals surface area contributed by atoms with E-state index in [0.717, 1.165) is 16.0 Å². The van der Waals surface area contributed by atoms with Crippen molar-refractivity contribution < 1.29 is 31.2 Å². The zero-order valence-electron chi connectivity index (χ0n) is 21.0. The molecule has 1 saturated heterocycles. The first-order valence-electron chi connectivity index (χ1n) is 11.9. The Kier molecular flexibility index (Phi) is 7.08. The van der Waals surface area contributed by atoms with E-state index in [9.17, 15) is 26.4 Å². The predicted molar refractivity (Wildman–Crippen MR) is 135 cm³/mol. The molecule has 4 rings (SSSR count). The summed E-state index contributed by atoms with van der Waals surface area (Å²) in [6.45, 7) is 7.06. The number of fused-ring (bicyclic) bond motifs is 1. The number of amides is 3. The molecule has 0 saturated carbocycles. The summed E-state index contributed by atoms with van der Waals surface area (Å²) in [7, 11) is -8.69. The number of rotatable bonds is 7. The highest BCUT2D eigenvalue weighted by atomic mass is 32.2. The van der Waals surface area contributed by atoms with Crippen molar-refractivity contribution in [3.63, 3.8) is 0 Å². The number of urea groups is 1. The molecule has 0 bridgehead atoms. The Morgan fingerprint density at radius 2 is 1.46 bits per heavy atom. The summed E-state index contributed by atoms with van der Waals surface area (Å²) in [5, 5.41) is 0. The third kappa shape index (κ3) is 4.71. The van der Waals surface area contributed by atoms with E-state index in [1.165, 1.54) is 24.3 Å². The van der Waals surface area contributed by atoms with E-state index >= 15 is 0 Å². The molecule has 0 radical (unpaired) electrons. The molecule has 3 amide bonds. The Balaban J connectivity index is 1.82. The minimum atomic E-state index is -4.40. The van der Waals surface area contributed by atoms with Crippen LogP contribution in [0.1, 0.15) is 37.8 Å². The Morgan fingerprint density at radius 3 is 1.97 bits per heavy atom. The van der Waals surface area contributed by atoms with Crippen LogP contribution in [0.3, 0.4) is 0 Å². The summed E-state index contributed by atoms with van der Waals surface area (Å²) in [6, 6.07) is 9.28. The first-order chi connectivity index (χ1) is 17.4. The van der Waals surface area contributed by atoms with Crippen LogP contribution in [0, 0.1) is 13.8 Å². The van der Waals surface area contributed by atoms with Crippen LogP contribution in [0.4, 0.5) is 4.79 Å². The number of carbonyl (C=O) groups is 2. The predicted octanol–water partition coefficient (Wildman–Crippen LogP) is 3.03. The van der Waals surface area contributed by atoms with Crippen LogP contribution in [0.5, 0.6) is 0 Å². The van der Waals surface area contributed by atoms with Crippen LogP contribution >= 0.6 is 0 Å². The summed E-state index contributed by atoms with van der Waals surface area (Å²) >= 11 is 0. The maximum Gasteiger partial charge on any atom is 0.341 e. The largest absolute Gasteiger partial charge is 0.476 e. The SMILES string of the molecule is CC[C@@H]1COC2=C(C(=O)NS(=O)(=O)c3ccc(C)cc3)[C@@H](CC)N(S(=O)(=O)c3ccc(C)cc3)C(=O)N21. The highest BCUT2D eigenvalue weighted by Crippen LogP contribution is 2.38. The average Bonchev–Trinajstić information content (AvgIpc) is 3.28. The number of benzene rings is 2. The molecule has 1 fully saturated rings. The lowest BCUT2D eigenvalue weighted by atomic mass is 10.0. The summed E-state index contributed by atoms with van der Waals surface area (Å²) in [4.78, 5) is 28.1. The van der Waals surface area contributed by atoms with Gasteiger partial charge in [0.25, 0.3) is 26.0 Å². The fourth-order valence-corrected chi connectivity index (χ4v) is 6.96. The molecule has 0 aliphatic carbocycles. The van der Waals surface area contributed by atoms with Crippen LogP contribution in [0.2, 0.25) is 0 Å². The fraction of sp³-hybridized carbons (Fsp3) is 0.360. The molecule has 0 unspecified atom stereocenters. The second-order valence-electron chi connectivity index (χ2n) is 9.03. The highest BCUT2D eigenvalue weighted by Gasteiger charge is 2.52. The number of nitrogens with one attached hydrogen (secondary N) is 1. The van der Waals surface area contributed by atoms with Crippen LogP contribution in [0.25, 0.3) is 0 Å². The Morgan fingerprint density at radius 1 is 0.919 bits per heavy atom. The lowest BCUT2D eigenvalue weighted by Gasteiger charge is -2.40. The number of carbonyl (C=O) groups excluding carboxylic acids is 2. The summed E-state index contributed by atoms with van der Waals surface area (Å²) in [5.41, 5.74) is 1.44. The number of hydrogen-bond donors (Lipinski definition) is 1. The molecule has 2 aliphatic rings. The van der Waals surface area contributed by atoms with Crippen molar-refractivity contribution in [1.82, 2.24) is 13.9 Å². The Bertz CT molecular complexity index is 1470. The number of ether oxygens (including phenoxy) is 1. The second kappa shape index (κ2) is 9.82. The van der Waals surface area contributed by atoms with Gasteiger partial charge in [-0.3, -0.25) is 9.69 Å². The van der Waals surface area contributed by atoms with Crippen LogP contribution in [-0.4, -0.2) is 56.7 Å². The summed E-state index contributed by atoms with van der Waals surface area (Å²) < 4.78 is 61.9. The van der Waals surface area contributed by atoms with Gasteiger partial charge in [0, 0.05) is 0 Å². The lowest BCUT2D eigenvalue weighted by Crippen LogP contribution is -2.58. The molecule has 2 heterocycles. The van der Waals surface area contributed by atoms with Gasteiger partial charge in [-0.2, -0.15) is 0 Å². The first kappa shape index (κ1) is 26.7. The molecule has 2 atom stereocenters. The van der Waals surface area contributed by atoms with Gasteiger partial charge < -0.3 is 4.74 Å². The second-order valence-corrected chi connectivity index (χ2v) is 12.5. The van der Waals surface area contributed by atoms with Crippen molar-refractivity contribution in [2.75, 3.05) is 6.61 Å². The van der Waals surface area contributed by atoms with E-state index in [-0.39, 0.29) is 34.3 Å². The quantitative estimate of drug-likeness (QED) is 0.564. The molecular formula is C25H29N3O7S2. The number of sulfonamides is 2. The van der Waals surface area contributed by atoms with Gasteiger partial charge in [-0.15, -0.1) is 0 Å². The van der Waals surface area contributed by atoms with Gasteiger partial charge >= 0.3 is 6.03 Å². The molecule has 2 aliphatic heterocycles. The van der Waals surface area contributed by atoms with Gasteiger partial charge in [0.15, 0.2) is 0 Å². The molecule has 198 valence electrons. The third-order valence-corrected chi connectivity index (χ3v) is 9.62. The van der Waals surface area contributed by atoms with E-state index < -0.39 is 44.1 Å². The Hall–Kier alpha value is -3.38. The zero-order valence-corrected chi connectivity index (χ0v) is 22.6. The van der Waals surface area contributed by atoms with Crippen molar-refractivity contribution in [2.24, 2.45) is 0 Å². The molecule has 0 spiro atoms. The first-order valence-corrected chi connectivity index (χ1v) is 14.8. The van der Waals surface area contributed by atoms with Crippen molar-refractivity contribution in [1.29, 1.82) is 0 Å². The minimum Gasteiger partial charge on any atom is -0.476 e. The van der Waals surface area contributed by atoms with Crippen molar-refractivity contribution in [3.8, 4) is 0 Å². The number of aryl methyl sites for hydroxylation is 2. The number of hydrogen-bond acceptors (Lipinski definition) is 7. The molecule has 12 heteroatoms. The van der Waals surface area contributed by atoms with Crippen LogP contribution < -0.4 is 4.72 Å². The monoisotopic (exact) mass is 547 g/mol. The van der Waals surface area contributed by atoms with E-state index in [1.54, 1.807) is 52.0 Å². The van der Waals surface area contributed by atoms with E-state index in [2.05, 4.69) is 0 Å². The average molecular weight is 548 g/mol. The normalized spacial score (nSPS) is 20.1. The zero-order chi connectivity index (χ0) is 27.1. The fourth-order valence-electron chi connectivity index (χ4n) is 4.40. The van der Waals surface area contributed by atoms with E-state index in [0.29, 0.717) is 10.7 Å². The van der Waals surface area contributed by atoms with Crippen molar-refractivity contribution >= 4 is 32.0 Å². The van der Waals surface area contributed by atoms with Gasteiger partial charge in [0.1, 0.15) is 12.2 Å². The molecule has 2 aromatic rings. The van der Waals surface area contributed by atoms with Gasteiger partial charge in [-0.05, 0) is 51.0 Å². The topological polar surface area (TPSA) is 130 Å². The standard InChI is InChI=1S/C25H29N3O7S2/c1-5-18-15-35-24-22(23(29)26-36(31,32)19-11-7-16(3)8-12-19)21(6-2)28(25(30)27(18)24)37(33,34)20-13-9-17(4)10-14-20/h7-14,18,21H,5-6,15H2,1-4H3,(H,26,29)/t18-,21-/m1/s1. The Labute approximate surface area is 217 Å². The maximum atomic E-state index is 13.7. The minimum absolute atomic E-state index is 0.0155. The van der Waals surface area contributed by atoms with E-state index in [4.69, 9.17) is 4.74 Å². The van der Waals surface area contributed by atoms with Crippen molar-refractivity contribution in [3.05, 3.63) is 71.1 Å². The molecule has 1 N–H and O–H groups in total.